The summed E-state index contributed by atoms with van der Waals surface area (Å²) in [6.45, 7) is 5.01. The highest BCUT2D eigenvalue weighted by Gasteiger charge is 2.34. The van der Waals surface area contributed by atoms with Gasteiger partial charge in [0.05, 0.1) is 12.8 Å². The Morgan fingerprint density at radius 1 is 1.33 bits per heavy atom. The number of aromatic amines is 1. The molecule has 0 unspecified atom stereocenters. The summed E-state index contributed by atoms with van der Waals surface area (Å²) in [4.78, 5) is 23.7. The van der Waals surface area contributed by atoms with Crippen molar-refractivity contribution in [3.63, 3.8) is 0 Å². The Balaban J connectivity index is 1.66. The fourth-order valence-corrected chi connectivity index (χ4v) is 3.86. The van der Waals surface area contributed by atoms with Gasteiger partial charge in [-0.1, -0.05) is 13.8 Å². The number of hydrogen-bond acceptors (Lipinski definition) is 7. The van der Waals surface area contributed by atoms with E-state index in [0.29, 0.717) is 11.9 Å². The highest BCUT2D eigenvalue weighted by Crippen LogP contribution is 2.32. The van der Waals surface area contributed by atoms with E-state index in [9.17, 15) is 4.79 Å². The quantitative estimate of drug-likeness (QED) is 0.781. The van der Waals surface area contributed by atoms with Gasteiger partial charge in [-0.15, -0.1) is 0 Å². The molecular weight excluding hydrogens is 344 g/mol. The Hall–Kier alpha value is -2.64. The molecule has 8 heteroatoms. The summed E-state index contributed by atoms with van der Waals surface area (Å²) >= 11 is 0. The zero-order valence-corrected chi connectivity index (χ0v) is 16.1. The average molecular weight is 370 g/mol. The summed E-state index contributed by atoms with van der Waals surface area (Å²) in [7, 11) is 1.43. The van der Waals surface area contributed by atoms with E-state index >= 15 is 0 Å². The van der Waals surface area contributed by atoms with Crippen LogP contribution in [0.3, 0.4) is 0 Å². The van der Waals surface area contributed by atoms with Crippen molar-refractivity contribution in [1.29, 1.82) is 0 Å². The minimum Gasteiger partial charge on any atom is -0.467 e. The first-order valence-corrected chi connectivity index (χ1v) is 9.63. The zero-order valence-electron chi connectivity index (χ0n) is 16.1. The molecule has 1 atom stereocenters. The number of esters is 1. The molecule has 1 aliphatic carbocycles. The predicted octanol–water partition coefficient (Wildman–Crippen LogP) is 2.70. The molecule has 1 saturated heterocycles. The van der Waals surface area contributed by atoms with Crippen LogP contribution in [-0.4, -0.2) is 45.8 Å². The van der Waals surface area contributed by atoms with Crippen molar-refractivity contribution in [2.75, 3.05) is 23.9 Å². The van der Waals surface area contributed by atoms with Gasteiger partial charge in [-0.3, -0.25) is 5.10 Å². The molecule has 2 aliphatic rings. The van der Waals surface area contributed by atoms with Crippen molar-refractivity contribution in [3.8, 4) is 0 Å². The summed E-state index contributed by atoms with van der Waals surface area (Å²) in [5.74, 6) is 2.31. The van der Waals surface area contributed by atoms with Gasteiger partial charge >= 0.3 is 5.97 Å². The third-order valence-corrected chi connectivity index (χ3v) is 5.37. The Kier molecular flexibility index (Phi) is 4.72. The molecule has 1 fully saturated rings. The van der Waals surface area contributed by atoms with Gasteiger partial charge in [0.15, 0.2) is 5.82 Å². The summed E-state index contributed by atoms with van der Waals surface area (Å²) in [5.41, 5.74) is 3.30. The fourth-order valence-electron chi connectivity index (χ4n) is 3.86. The van der Waals surface area contributed by atoms with E-state index < -0.39 is 0 Å². The molecule has 4 rings (SSSR count). The Morgan fingerprint density at radius 2 is 2.19 bits per heavy atom. The Labute approximate surface area is 158 Å². The van der Waals surface area contributed by atoms with Crippen molar-refractivity contribution in [3.05, 3.63) is 23.0 Å². The number of aromatic nitrogens is 4. The molecule has 2 aromatic rings. The van der Waals surface area contributed by atoms with Crippen LogP contribution in [0.25, 0.3) is 0 Å². The highest BCUT2D eigenvalue weighted by atomic mass is 16.5. The van der Waals surface area contributed by atoms with E-state index in [1.54, 1.807) is 0 Å². The minimum absolute atomic E-state index is 0.222. The number of nitrogens with zero attached hydrogens (tertiary/aromatic N) is 4. The van der Waals surface area contributed by atoms with Crippen LogP contribution in [0.1, 0.15) is 56.0 Å². The first kappa shape index (κ1) is 17.8. The van der Waals surface area contributed by atoms with Crippen molar-refractivity contribution in [2.45, 2.75) is 57.9 Å². The second-order valence-corrected chi connectivity index (χ2v) is 7.51. The van der Waals surface area contributed by atoms with Gasteiger partial charge in [-0.25, -0.2) is 9.78 Å². The summed E-state index contributed by atoms with van der Waals surface area (Å²) in [6, 6.07) is 1.71. The van der Waals surface area contributed by atoms with Gasteiger partial charge in [0.25, 0.3) is 0 Å². The highest BCUT2D eigenvalue weighted by molar-refractivity contribution is 5.80. The maximum Gasteiger partial charge on any atom is 0.328 e. The lowest BCUT2D eigenvalue weighted by Crippen LogP contribution is -2.38. The third-order valence-electron chi connectivity index (χ3n) is 5.37. The monoisotopic (exact) mass is 370 g/mol. The predicted molar refractivity (Wildman–Crippen MR) is 102 cm³/mol. The molecule has 0 aromatic carbocycles. The Bertz CT molecular complexity index is 847. The smallest absolute Gasteiger partial charge is 0.328 e. The van der Waals surface area contributed by atoms with Crippen LogP contribution >= 0.6 is 0 Å². The lowest BCUT2D eigenvalue weighted by Gasteiger charge is -2.24. The van der Waals surface area contributed by atoms with E-state index in [1.807, 2.05) is 11.0 Å². The van der Waals surface area contributed by atoms with Crippen molar-refractivity contribution < 1.29 is 9.53 Å². The third kappa shape index (κ3) is 3.36. The summed E-state index contributed by atoms with van der Waals surface area (Å²) < 4.78 is 4.96. The largest absolute Gasteiger partial charge is 0.467 e. The van der Waals surface area contributed by atoms with Crippen LogP contribution in [0, 0.1) is 0 Å². The van der Waals surface area contributed by atoms with Gasteiger partial charge < -0.3 is 15.0 Å². The molecule has 2 N–H and O–H groups in total. The number of ether oxygens (including phenoxy) is 1. The van der Waals surface area contributed by atoms with Gasteiger partial charge in [-0.05, 0) is 38.0 Å². The van der Waals surface area contributed by atoms with Crippen molar-refractivity contribution in [2.24, 2.45) is 0 Å². The van der Waals surface area contributed by atoms with E-state index in [4.69, 9.17) is 14.7 Å². The summed E-state index contributed by atoms with van der Waals surface area (Å²) in [5, 5.41) is 10.8. The van der Waals surface area contributed by atoms with Crippen LogP contribution in [0.4, 0.5) is 17.6 Å². The minimum atomic E-state index is -0.305. The molecule has 0 spiro atoms. The number of carbonyl (C=O) groups is 1. The molecule has 0 saturated carbocycles. The lowest BCUT2D eigenvalue weighted by molar-refractivity contribution is -0.141. The normalized spacial score (nSPS) is 18.8. The standard InChI is InChI=1S/C19H26N6O2/c1-11(2)14-10-16(24-23-14)21-17-12-6-4-7-13(12)20-19(22-17)25-9-5-8-15(25)18(26)27-3/h10-11,15H,4-9H2,1-3H3,(H2,20,21,22,23,24)/t15-/m1/s1. The zero-order chi connectivity index (χ0) is 19.0. The van der Waals surface area contributed by atoms with Crippen LogP contribution in [0.15, 0.2) is 6.07 Å². The van der Waals surface area contributed by atoms with Crippen LogP contribution in [0.2, 0.25) is 0 Å². The second kappa shape index (κ2) is 7.17. The first-order valence-electron chi connectivity index (χ1n) is 9.63. The first-order chi connectivity index (χ1) is 13.1. The number of carbonyl (C=O) groups excluding carboxylic acids is 1. The Morgan fingerprint density at radius 3 is 2.93 bits per heavy atom. The fraction of sp³-hybridized carbons (Fsp3) is 0.579. The topological polar surface area (TPSA) is 96.0 Å². The van der Waals surface area contributed by atoms with Crippen LogP contribution in [0.5, 0.6) is 0 Å². The number of nitrogens with one attached hydrogen (secondary N) is 2. The maximum absolute atomic E-state index is 12.1. The number of methoxy groups -OCH3 is 1. The van der Waals surface area contributed by atoms with Gasteiger partial charge in [0, 0.05) is 23.9 Å². The molecule has 2 aromatic heterocycles. The van der Waals surface area contributed by atoms with Crippen LogP contribution in [-0.2, 0) is 22.4 Å². The van der Waals surface area contributed by atoms with Gasteiger partial charge in [-0.2, -0.15) is 10.1 Å². The van der Waals surface area contributed by atoms with Gasteiger partial charge in [0.1, 0.15) is 11.9 Å². The van der Waals surface area contributed by atoms with E-state index in [2.05, 4.69) is 29.4 Å². The van der Waals surface area contributed by atoms with E-state index in [0.717, 1.165) is 67.2 Å². The van der Waals surface area contributed by atoms with Crippen molar-refractivity contribution in [1.82, 2.24) is 20.2 Å². The molecule has 0 bridgehead atoms. The molecular formula is C19H26N6O2. The van der Waals surface area contributed by atoms with Gasteiger partial charge in [0.2, 0.25) is 5.95 Å². The van der Waals surface area contributed by atoms with Crippen LogP contribution < -0.4 is 10.2 Å². The lowest BCUT2D eigenvalue weighted by atomic mass is 10.1. The number of anilines is 3. The molecule has 144 valence electrons. The molecule has 27 heavy (non-hydrogen) atoms. The maximum atomic E-state index is 12.1. The molecule has 0 amide bonds. The number of hydrogen-bond donors (Lipinski definition) is 2. The van der Waals surface area contributed by atoms with E-state index in [-0.39, 0.29) is 12.0 Å². The number of rotatable bonds is 5. The number of H-pyrrole nitrogens is 1. The number of aryl methyl sites for hydroxylation is 1. The molecule has 0 radical (unpaired) electrons. The number of fused-ring (bicyclic) bond motifs is 1. The summed E-state index contributed by atoms with van der Waals surface area (Å²) in [6.07, 6.45) is 4.67. The van der Waals surface area contributed by atoms with Crippen molar-refractivity contribution >= 4 is 23.6 Å². The molecule has 3 heterocycles. The molecule has 1 aliphatic heterocycles. The van der Waals surface area contributed by atoms with E-state index in [1.165, 1.54) is 7.11 Å². The average Bonchev–Trinajstić information content (AvgIpc) is 3.40. The SMILES string of the molecule is COC(=O)[C@H]1CCCN1c1nc2c(c(Nc3cc(C(C)C)[nH]n3)n1)CCC2. The second-order valence-electron chi connectivity index (χ2n) is 7.51. The molecule has 8 nitrogen and oxygen atoms in total.